The minimum atomic E-state index is -4.08. The molecule has 3 aromatic carbocycles. The molecule has 0 spiro atoms. The number of benzene rings is 3. The Labute approximate surface area is 187 Å². The van der Waals surface area contributed by atoms with Crippen molar-refractivity contribution in [3.05, 3.63) is 89.7 Å². The highest BCUT2D eigenvalue weighted by molar-refractivity contribution is 7.87. The van der Waals surface area contributed by atoms with Gasteiger partial charge in [0.15, 0.2) is 0 Å². The third-order valence-electron chi connectivity index (χ3n) is 4.81. The van der Waals surface area contributed by atoms with Crippen LogP contribution in [0.5, 0.6) is 11.5 Å². The molecule has 0 saturated heterocycles. The highest BCUT2D eigenvalue weighted by Crippen LogP contribution is 2.24. The van der Waals surface area contributed by atoms with E-state index < -0.39 is 15.9 Å². The maximum Gasteiger partial charge on any atom is 0.339 e. The number of nitrogens with zero attached hydrogens (tertiary/aromatic N) is 1. The molecule has 3 aromatic rings. The second-order valence-electron chi connectivity index (χ2n) is 7.36. The van der Waals surface area contributed by atoms with Gasteiger partial charge in [-0.15, -0.1) is 0 Å². The number of methoxy groups -OCH3 is 1. The van der Waals surface area contributed by atoms with Crippen LogP contribution >= 0.6 is 0 Å². The molecule has 32 heavy (non-hydrogen) atoms. The Morgan fingerprint density at radius 2 is 1.59 bits per heavy atom. The lowest BCUT2D eigenvalue weighted by molar-refractivity contribution is 0.0687. The Kier molecular flexibility index (Phi) is 7.15. The molecule has 6 nitrogen and oxygen atoms in total. The van der Waals surface area contributed by atoms with Gasteiger partial charge in [0, 0.05) is 12.6 Å². The molecule has 0 aliphatic rings. The van der Waals surface area contributed by atoms with Gasteiger partial charge in [-0.3, -0.25) is 4.79 Å². The molecule has 0 aliphatic carbocycles. The molecule has 0 aromatic heterocycles. The highest BCUT2D eigenvalue weighted by atomic mass is 32.2. The monoisotopic (exact) mass is 457 g/mol. The second-order valence-corrected chi connectivity index (χ2v) is 8.91. The van der Waals surface area contributed by atoms with E-state index in [9.17, 15) is 17.6 Å². The molecule has 3 rings (SSSR count). The molecule has 0 fully saturated rings. The summed E-state index contributed by atoms with van der Waals surface area (Å²) in [6.45, 7) is 4.15. The Balaban J connectivity index is 1.76. The number of rotatable bonds is 8. The van der Waals surface area contributed by atoms with Crippen LogP contribution in [0.4, 0.5) is 4.39 Å². The zero-order valence-electron chi connectivity index (χ0n) is 18.0. The Bertz CT molecular complexity index is 1180. The van der Waals surface area contributed by atoms with Gasteiger partial charge in [0.1, 0.15) is 22.2 Å². The summed E-state index contributed by atoms with van der Waals surface area (Å²) in [5.74, 6) is -0.0922. The van der Waals surface area contributed by atoms with Crippen molar-refractivity contribution in [2.45, 2.75) is 31.3 Å². The summed E-state index contributed by atoms with van der Waals surface area (Å²) in [6.07, 6.45) is 0. The van der Waals surface area contributed by atoms with Crippen molar-refractivity contribution >= 4 is 16.0 Å². The van der Waals surface area contributed by atoms with Crippen LogP contribution in [0.25, 0.3) is 0 Å². The first-order valence-corrected chi connectivity index (χ1v) is 11.3. The molecule has 0 radical (unpaired) electrons. The number of hydrogen-bond donors (Lipinski definition) is 0. The summed E-state index contributed by atoms with van der Waals surface area (Å²) >= 11 is 0. The maximum absolute atomic E-state index is 13.1. The summed E-state index contributed by atoms with van der Waals surface area (Å²) in [5, 5.41) is 0. The van der Waals surface area contributed by atoms with Crippen LogP contribution in [0, 0.1) is 5.82 Å². The molecule has 0 N–H and O–H groups in total. The van der Waals surface area contributed by atoms with Gasteiger partial charge in [-0.2, -0.15) is 8.42 Å². The van der Waals surface area contributed by atoms with E-state index in [1.54, 1.807) is 41.3 Å². The van der Waals surface area contributed by atoms with E-state index in [2.05, 4.69) is 0 Å². The Hall–Kier alpha value is -3.39. The van der Waals surface area contributed by atoms with Crippen LogP contribution in [0.1, 0.15) is 29.8 Å². The lowest BCUT2D eigenvalue weighted by Gasteiger charge is -2.27. The van der Waals surface area contributed by atoms with Gasteiger partial charge in [-0.05, 0) is 67.9 Å². The second kappa shape index (κ2) is 9.82. The quantitative estimate of drug-likeness (QED) is 0.460. The molecule has 168 valence electrons. The molecular formula is C24H24FNO5S. The average Bonchev–Trinajstić information content (AvgIpc) is 2.78. The zero-order valence-corrected chi connectivity index (χ0v) is 18.8. The lowest BCUT2D eigenvalue weighted by Crippen LogP contribution is -2.36. The van der Waals surface area contributed by atoms with Gasteiger partial charge >= 0.3 is 10.1 Å². The molecule has 1 amide bonds. The van der Waals surface area contributed by atoms with E-state index in [0.29, 0.717) is 17.9 Å². The van der Waals surface area contributed by atoms with Gasteiger partial charge in [0.2, 0.25) is 0 Å². The van der Waals surface area contributed by atoms with Crippen LogP contribution < -0.4 is 8.92 Å². The fourth-order valence-corrected chi connectivity index (χ4v) is 4.02. The van der Waals surface area contributed by atoms with Gasteiger partial charge < -0.3 is 13.8 Å². The maximum atomic E-state index is 13.1. The van der Waals surface area contributed by atoms with E-state index in [1.165, 1.54) is 19.2 Å². The first kappa shape index (κ1) is 23.3. The van der Waals surface area contributed by atoms with Crippen LogP contribution in [-0.4, -0.2) is 32.4 Å². The van der Waals surface area contributed by atoms with Gasteiger partial charge in [-0.25, -0.2) is 4.39 Å². The summed E-state index contributed by atoms with van der Waals surface area (Å²) < 4.78 is 48.2. The number of amides is 1. The molecule has 0 atom stereocenters. The predicted molar refractivity (Wildman–Crippen MR) is 119 cm³/mol. The minimum absolute atomic E-state index is 0.0813. The number of hydrogen-bond acceptors (Lipinski definition) is 5. The largest absolute Gasteiger partial charge is 0.496 e. The SMILES string of the molecule is COc1ccccc1C(=O)N(Cc1ccc(OS(=O)(=O)c2ccc(F)cc2)cc1)C(C)C. The summed E-state index contributed by atoms with van der Waals surface area (Å²) in [4.78, 5) is 14.7. The molecule has 0 saturated carbocycles. The van der Waals surface area contributed by atoms with Crippen molar-refractivity contribution in [3.8, 4) is 11.5 Å². The van der Waals surface area contributed by atoms with Gasteiger partial charge in [0.25, 0.3) is 5.91 Å². The molecular weight excluding hydrogens is 433 g/mol. The number of ether oxygens (including phenoxy) is 1. The Morgan fingerprint density at radius 1 is 0.969 bits per heavy atom. The summed E-state index contributed by atoms with van der Waals surface area (Å²) in [6, 6.07) is 17.8. The number of carbonyl (C=O) groups is 1. The van der Waals surface area contributed by atoms with Crippen molar-refractivity contribution in [2.24, 2.45) is 0 Å². The number of carbonyl (C=O) groups excluding carboxylic acids is 1. The van der Waals surface area contributed by atoms with Crippen molar-refractivity contribution < 1.29 is 26.5 Å². The molecule has 0 unspecified atom stereocenters. The van der Waals surface area contributed by atoms with Crippen LogP contribution in [0.3, 0.4) is 0 Å². The van der Waals surface area contributed by atoms with Gasteiger partial charge in [-0.1, -0.05) is 24.3 Å². The molecule has 0 bridgehead atoms. The standard InChI is InChI=1S/C24H24FNO5S/c1-17(2)26(24(27)22-6-4-5-7-23(22)30-3)16-18-8-12-20(13-9-18)31-32(28,29)21-14-10-19(25)11-15-21/h4-15,17H,16H2,1-3H3. The number of para-hydroxylation sites is 1. The normalized spacial score (nSPS) is 11.3. The lowest BCUT2D eigenvalue weighted by atomic mass is 10.1. The van der Waals surface area contributed by atoms with Crippen molar-refractivity contribution in [1.29, 1.82) is 0 Å². The van der Waals surface area contributed by atoms with Gasteiger partial charge in [0.05, 0.1) is 12.7 Å². The summed E-state index contributed by atoms with van der Waals surface area (Å²) in [7, 11) is -2.56. The van der Waals surface area contributed by atoms with E-state index in [-0.39, 0.29) is 22.6 Å². The first-order valence-electron chi connectivity index (χ1n) is 9.94. The highest BCUT2D eigenvalue weighted by Gasteiger charge is 2.22. The molecule has 0 aliphatic heterocycles. The third-order valence-corrected chi connectivity index (χ3v) is 6.07. The average molecular weight is 458 g/mol. The topological polar surface area (TPSA) is 72.9 Å². The number of halogens is 1. The summed E-state index contributed by atoms with van der Waals surface area (Å²) in [5.41, 5.74) is 1.27. The predicted octanol–water partition coefficient (Wildman–Crippen LogP) is 4.65. The fourth-order valence-electron chi connectivity index (χ4n) is 3.09. The Morgan fingerprint density at radius 3 is 2.19 bits per heavy atom. The molecule has 8 heteroatoms. The van der Waals surface area contributed by atoms with E-state index in [4.69, 9.17) is 8.92 Å². The smallest absolute Gasteiger partial charge is 0.339 e. The van der Waals surface area contributed by atoms with E-state index in [0.717, 1.165) is 29.8 Å². The van der Waals surface area contributed by atoms with Crippen LogP contribution in [0.2, 0.25) is 0 Å². The van der Waals surface area contributed by atoms with Crippen molar-refractivity contribution in [1.82, 2.24) is 4.90 Å². The third kappa shape index (κ3) is 5.45. The fraction of sp³-hybridized carbons (Fsp3) is 0.208. The molecule has 0 heterocycles. The van der Waals surface area contributed by atoms with Crippen LogP contribution in [-0.2, 0) is 16.7 Å². The van der Waals surface area contributed by atoms with Crippen molar-refractivity contribution in [3.63, 3.8) is 0 Å². The van der Waals surface area contributed by atoms with E-state index >= 15 is 0 Å². The minimum Gasteiger partial charge on any atom is -0.496 e. The zero-order chi connectivity index (χ0) is 23.3. The van der Waals surface area contributed by atoms with Crippen molar-refractivity contribution in [2.75, 3.05) is 7.11 Å². The van der Waals surface area contributed by atoms with E-state index in [1.807, 2.05) is 13.8 Å². The first-order chi connectivity index (χ1) is 15.2. The van der Waals surface area contributed by atoms with Crippen LogP contribution in [0.15, 0.2) is 77.7 Å².